The summed E-state index contributed by atoms with van der Waals surface area (Å²) < 4.78 is 6.15. The average Bonchev–Trinajstić information content (AvgIpc) is 2.58. The van der Waals surface area contributed by atoms with Crippen molar-refractivity contribution in [2.45, 2.75) is 32.4 Å². The molecule has 1 aliphatic carbocycles. The van der Waals surface area contributed by atoms with Crippen molar-refractivity contribution < 1.29 is 14.3 Å². The van der Waals surface area contributed by atoms with Gasteiger partial charge in [-0.05, 0) is 35.4 Å². The lowest BCUT2D eigenvalue weighted by Crippen LogP contribution is -2.46. The molecule has 0 saturated heterocycles. The van der Waals surface area contributed by atoms with Gasteiger partial charge in [0.15, 0.2) is 5.78 Å². The Morgan fingerprint density at radius 2 is 1.96 bits per heavy atom. The first-order valence-corrected chi connectivity index (χ1v) is 8.36. The smallest absolute Gasteiger partial charge is 0.408 e. The quantitative estimate of drug-likeness (QED) is 0.723. The minimum atomic E-state index is -0.996. The minimum Gasteiger partial charge on any atom is -0.445 e. The molecule has 126 valence electrons. The van der Waals surface area contributed by atoms with Crippen LogP contribution in [0.25, 0.3) is 0 Å². The third-order valence-corrected chi connectivity index (χ3v) is 4.22. The van der Waals surface area contributed by atoms with Gasteiger partial charge in [0.25, 0.3) is 0 Å². The lowest BCUT2D eigenvalue weighted by atomic mass is 9.95. The fourth-order valence-electron chi connectivity index (χ4n) is 2.25. The first kappa shape index (κ1) is 18.1. The van der Waals surface area contributed by atoms with Gasteiger partial charge in [-0.15, -0.1) is 0 Å². The van der Waals surface area contributed by atoms with E-state index < -0.39 is 12.1 Å². The van der Waals surface area contributed by atoms with Crippen molar-refractivity contribution in [2.75, 3.05) is 0 Å². The number of hydrogen-bond acceptors (Lipinski definition) is 4. The van der Waals surface area contributed by atoms with E-state index in [1.54, 1.807) is 0 Å². The second kappa shape index (κ2) is 8.59. The fraction of sp³-hybridized carbons (Fsp3) is 0.278. The molecule has 6 heteroatoms. The zero-order valence-electron chi connectivity index (χ0n) is 13.3. The van der Waals surface area contributed by atoms with Crippen LogP contribution < -0.4 is 5.32 Å². The lowest BCUT2D eigenvalue weighted by Gasteiger charge is -2.19. The number of ketones is 1. The van der Waals surface area contributed by atoms with Gasteiger partial charge in [0, 0.05) is 5.71 Å². The molecule has 2 rings (SSSR count). The van der Waals surface area contributed by atoms with E-state index in [9.17, 15) is 9.59 Å². The van der Waals surface area contributed by atoms with E-state index in [0.717, 1.165) is 10.0 Å². The number of amides is 1. The minimum absolute atomic E-state index is 0.0752. The number of nitrogens with one attached hydrogen (secondary N) is 2. The Kier molecular flexibility index (Phi) is 6.49. The van der Waals surface area contributed by atoms with Crippen molar-refractivity contribution in [2.24, 2.45) is 0 Å². The molecule has 1 aliphatic rings. The molecule has 2 N–H and O–H groups in total. The van der Waals surface area contributed by atoms with E-state index >= 15 is 0 Å². The Hall–Kier alpha value is -2.21. The normalized spacial score (nSPS) is 14.9. The first-order valence-electron chi connectivity index (χ1n) is 7.57. The lowest BCUT2D eigenvalue weighted by molar-refractivity contribution is -0.116. The largest absolute Gasteiger partial charge is 0.445 e. The van der Waals surface area contributed by atoms with Crippen LogP contribution in [0.15, 0.2) is 52.5 Å². The highest BCUT2D eigenvalue weighted by molar-refractivity contribution is 9.11. The molecule has 0 saturated carbocycles. The van der Waals surface area contributed by atoms with Gasteiger partial charge in [-0.1, -0.05) is 58.4 Å². The summed E-state index contributed by atoms with van der Waals surface area (Å²) in [6.45, 7) is 1.61. The van der Waals surface area contributed by atoms with Crippen molar-refractivity contribution in [3.63, 3.8) is 0 Å². The molecular formula is C18H19BrN2O3. The van der Waals surface area contributed by atoms with Crippen LogP contribution in [0.5, 0.6) is 0 Å². The first-order chi connectivity index (χ1) is 11.5. The number of ether oxygens (including phenoxy) is 1. The Bertz CT molecular complexity index is 695. The van der Waals surface area contributed by atoms with Gasteiger partial charge in [-0.2, -0.15) is 0 Å². The van der Waals surface area contributed by atoms with Crippen LogP contribution in [0.1, 0.15) is 25.3 Å². The average molecular weight is 391 g/mol. The molecule has 0 radical (unpaired) electrons. The Balaban J connectivity index is 1.94. The predicted octanol–water partition coefficient (Wildman–Crippen LogP) is 3.89. The van der Waals surface area contributed by atoms with Crippen molar-refractivity contribution >= 4 is 33.5 Å². The zero-order chi connectivity index (χ0) is 17.5. The summed E-state index contributed by atoms with van der Waals surface area (Å²) >= 11 is 3.39. The van der Waals surface area contributed by atoms with Crippen molar-refractivity contribution in [3.05, 3.63) is 58.1 Å². The summed E-state index contributed by atoms with van der Waals surface area (Å²) in [5, 5.41) is 10.3. The van der Waals surface area contributed by atoms with E-state index in [2.05, 4.69) is 21.2 Å². The standard InChI is InChI=1S/C18H19BrN2O3/c1-12(20)16(17(22)14-7-9-15(19)10-8-14)21-18(23)24-11-13-5-3-2-4-6-13/h2-7,10,16,20H,8-9,11H2,1H3,(H,21,23). The molecule has 0 heterocycles. The summed E-state index contributed by atoms with van der Waals surface area (Å²) in [6, 6.07) is 8.27. The molecule has 0 aromatic heterocycles. The van der Waals surface area contributed by atoms with Crippen LogP contribution in [-0.4, -0.2) is 23.6 Å². The van der Waals surface area contributed by atoms with Crippen molar-refractivity contribution in [1.29, 1.82) is 5.41 Å². The van der Waals surface area contributed by atoms with Crippen LogP contribution in [0.4, 0.5) is 4.79 Å². The maximum absolute atomic E-state index is 12.5. The highest BCUT2D eigenvalue weighted by atomic mass is 79.9. The van der Waals surface area contributed by atoms with E-state index in [1.807, 2.05) is 42.5 Å². The molecule has 5 nitrogen and oxygen atoms in total. The number of carbonyl (C=O) groups is 2. The summed E-state index contributed by atoms with van der Waals surface area (Å²) in [5.74, 6) is -0.268. The Morgan fingerprint density at radius 1 is 1.25 bits per heavy atom. The Morgan fingerprint density at radius 3 is 2.54 bits per heavy atom. The molecule has 1 amide bonds. The summed E-state index contributed by atoms with van der Waals surface area (Å²) in [5.41, 5.74) is 1.52. The summed E-state index contributed by atoms with van der Waals surface area (Å²) in [4.78, 5) is 24.5. The SMILES string of the molecule is CC(=N)C(NC(=O)OCc1ccccc1)C(=O)C1=CCC(Br)=CC1. The molecule has 0 spiro atoms. The van der Waals surface area contributed by atoms with Gasteiger partial charge in [-0.3, -0.25) is 4.79 Å². The second-order valence-corrected chi connectivity index (χ2v) is 6.49. The number of allylic oxidation sites excluding steroid dienone is 3. The van der Waals surface area contributed by atoms with Crippen LogP contribution in [0.2, 0.25) is 0 Å². The van der Waals surface area contributed by atoms with Gasteiger partial charge in [0.05, 0.1) is 0 Å². The number of benzene rings is 1. The maximum Gasteiger partial charge on any atom is 0.408 e. The highest BCUT2D eigenvalue weighted by Gasteiger charge is 2.26. The van der Waals surface area contributed by atoms with Crippen molar-refractivity contribution in [1.82, 2.24) is 5.32 Å². The monoisotopic (exact) mass is 390 g/mol. The van der Waals surface area contributed by atoms with Gasteiger partial charge >= 0.3 is 6.09 Å². The van der Waals surface area contributed by atoms with E-state index in [0.29, 0.717) is 18.4 Å². The van der Waals surface area contributed by atoms with Crippen LogP contribution in [0, 0.1) is 5.41 Å². The Labute approximate surface area is 149 Å². The number of carbonyl (C=O) groups excluding carboxylic acids is 2. The molecule has 0 fully saturated rings. The number of rotatable bonds is 6. The van der Waals surface area contributed by atoms with Gasteiger partial charge in [-0.25, -0.2) is 4.79 Å². The highest BCUT2D eigenvalue weighted by Crippen LogP contribution is 2.23. The number of Topliss-reactive ketones (excluding diaryl/α,β-unsaturated/α-hetero) is 1. The van der Waals surface area contributed by atoms with Gasteiger partial charge in [0.1, 0.15) is 12.6 Å². The molecule has 1 aromatic carbocycles. The topological polar surface area (TPSA) is 79.2 Å². The van der Waals surface area contributed by atoms with E-state index in [-0.39, 0.29) is 18.1 Å². The fourth-order valence-corrected chi connectivity index (χ4v) is 2.57. The van der Waals surface area contributed by atoms with E-state index in [1.165, 1.54) is 6.92 Å². The predicted molar refractivity (Wildman–Crippen MR) is 96.3 cm³/mol. The maximum atomic E-state index is 12.5. The molecule has 0 bridgehead atoms. The number of hydrogen-bond donors (Lipinski definition) is 2. The molecule has 1 atom stereocenters. The second-order valence-electron chi connectivity index (χ2n) is 5.47. The van der Waals surface area contributed by atoms with Crippen LogP contribution in [-0.2, 0) is 16.1 Å². The molecular weight excluding hydrogens is 372 g/mol. The van der Waals surface area contributed by atoms with Crippen molar-refractivity contribution in [3.8, 4) is 0 Å². The molecule has 1 aromatic rings. The molecule has 0 aliphatic heterocycles. The molecule has 1 unspecified atom stereocenters. The zero-order valence-corrected chi connectivity index (χ0v) is 14.9. The van der Waals surface area contributed by atoms with Gasteiger partial charge in [0.2, 0.25) is 0 Å². The third kappa shape index (κ3) is 5.16. The molecule has 24 heavy (non-hydrogen) atoms. The van der Waals surface area contributed by atoms with Gasteiger partial charge < -0.3 is 15.5 Å². The van der Waals surface area contributed by atoms with E-state index in [4.69, 9.17) is 10.1 Å². The van der Waals surface area contributed by atoms with Crippen LogP contribution in [0.3, 0.4) is 0 Å². The summed E-state index contributed by atoms with van der Waals surface area (Å²) in [7, 11) is 0. The van der Waals surface area contributed by atoms with Crippen LogP contribution >= 0.6 is 15.9 Å². The number of halogens is 1. The third-order valence-electron chi connectivity index (χ3n) is 3.57. The number of alkyl carbamates (subject to hydrolysis) is 1. The summed E-state index contributed by atoms with van der Waals surface area (Å²) in [6.07, 6.45) is 4.15.